The minimum atomic E-state index is -0.450. The number of halogens is 1. The van der Waals surface area contributed by atoms with Crippen LogP contribution >= 0.6 is 0 Å². The largest absolute Gasteiger partial charge is 0.496 e. The van der Waals surface area contributed by atoms with E-state index in [1.807, 2.05) is 19.9 Å². The van der Waals surface area contributed by atoms with Gasteiger partial charge in [-0.25, -0.2) is 4.39 Å². The molecule has 4 heteroatoms. The number of benzene rings is 1. The van der Waals surface area contributed by atoms with Gasteiger partial charge in [0.25, 0.3) is 0 Å². The van der Waals surface area contributed by atoms with Gasteiger partial charge in [0, 0.05) is 18.7 Å². The van der Waals surface area contributed by atoms with E-state index in [1.165, 1.54) is 7.11 Å². The van der Waals surface area contributed by atoms with Crippen LogP contribution in [-0.4, -0.2) is 24.9 Å². The summed E-state index contributed by atoms with van der Waals surface area (Å²) in [5, 5.41) is 12.2. The zero-order valence-corrected chi connectivity index (χ0v) is 11.5. The number of rotatable bonds is 6. The molecule has 0 unspecified atom stereocenters. The maximum Gasteiger partial charge on any atom is 0.131 e. The number of methoxy groups -OCH3 is 1. The van der Waals surface area contributed by atoms with Crippen LogP contribution in [-0.2, 0) is 6.54 Å². The molecule has 3 nitrogen and oxygen atoms in total. The Hall–Kier alpha value is -1.13. The molecule has 0 amide bonds. The molecule has 0 heterocycles. The lowest BCUT2D eigenvalue weighted by atomic mass is 10.0. The molecule has 0 bridgehead atoms. The third-order valence-electron chi connectivity index (χ3n) is 2.80. The van der Waals surface area contributed by atoms with E-state index in [9.17, 15) is 4.39 Å². The summed E-state index contributed by atoms with van der Waals surface area (Å²) in [5.74, 6) is 0.542. The quantitative estimate of drug-likeness (QED) is 0.820. The van der Waals surface area contributed by atoms with Crippen molar-refractivity contribution in [2.45, 2.75) is 39.3 Å². The molecule has 0 aliphatic carbocycles. The van der Waals surface area contributed by atoms with Crippen molar-refractivity contribution in [3.63, 3.8) is 0 Å². The van der Waals surface area contributed by atoms with Crippen molar-refractivity contribution in [2.75, 3.05) is 13.7 Å². The van der Waals surface area contributed by atoms with Gasteiger partial charge in [-0.1, -0.05) is 13.8 Å². The summed E-state index contributed by atoms with van der Waals surface area (Å²) in [5.41, 5.74) is 1.42. The number of hydrogen-bond donors (Lipinski definition) is 2. The Labute approximate surface area is 108 Å². The standard InChI is InChI=1S/C14H22FNO2/c1-9(2)11-5-13(15)12(14(6-11)18-4)8-16-7-10(3)17/h5-6,9-10,16-17H,7-8H2,1-4H3/t10-/m1/s1. The lowest BCUT2D eigenvalue weighted by Gasteiger charge is -2.15. The first-order valence-corrected chi connectivity index (χ1v) is 6.20. The van der Waals surface area contributed by atoms with Crippen LogP contribution in [0.4, 0.5) is 4.39 Å². The summed E-state index contributed by atoms with van der Waals surface area (Å²) in [7, 11) is 1.54. The van der Waals surface area contributed by atoms with Crippen LogP contribution in [0.3, 0.4) is 0 Å². The average Bonchev–Trinajstić information content (AvgIpc) is 2.29. The zero-order chi connectivity index (χ0) is 13.7. The van der Waals surface area contributed by atoms with Crippen molar-refractivity contribution in [3.8, 4) is 5.75 Å². The van der Waals surface area contributed by atoms with Crippen LogP contribution in [0.5, 0.6) is 5.75 Å². The van der Waals surface area contributed by atoms with Crippen molar-refractivity contribution in [2.24, 2.45) is 0 Å². The van der Waals surface area contributed by atoms with Crippen LogP contribution in [0.15, 0.2) is 12.1 Å². The lowest BCUT2D eigenvalue weighted by Crippen LogP contribution is -2.24. The summed E-state index contributed by atoms with van der Waals surface area (Å²) in [6.07, 6.45) is -0.450. The Bertz CT molecular complexity index is 392. The second kappa shape index (κ2) is 6.71. The van der Waals surface area contributed by atoms with Gasteiger partial charge in [0.05, 0.1) is 13.2 Å². The summed E-state index contributed by atoms with van der Waals surface area (Å²) in [6, 6.07) is 3.42. The minimum absolute atomic E-state index is 0.257. The van der Waals surface area contributed by atoms with Crippen LogP contribution in [0.25, 0.3) is 0 Å². The highest BCUT2D eigenvalue weighted by molar-refractivity contribution is 5.40. The van der Waals surface area contributed by atoms with Gasteiger partial charge in [-0.3, -0.25) is 0 Å². The summed E-state index contributed by atoms with van der Waals surface area (Å²) >= 11 is 0. The number of hydrogen-bond acceptors (Lipinski definition) is 3. The highest BCUT2D eigenvalue weighted by Crippen LogP contribution is 2.27. The fourth-order valence-corrected chi connectivity index (χ4v) is 1.72. The summed E-state index contributed by atoms with van der Waals surface area (Å²) in [4.78, 5) is 0. The highest BCUT2D eigenvalue weighted by Gasteiger charge is 2.13. The third-order valence-corrected chi connectivity index (χ3v) is 2.80. The fraction of sp³-hybridized carbons (Fsp3) is 0.571. The summed E-state index contributed by atoms with van der Waals surface area (Å²) in [6.45, 7) is 6.48. The Balaban J connectivity index is 2.89. The van der Waals surface area contributed by atoms with Crippen LogP contribution in [0, 0.1) is 5.82 Å². The van der Waals surface area contributed by atoms with Gasteiger partial charge in [-0.2, -0.15) is 0 Å². The van der Waals surface area contributed by atoms with Crippen molar-refractivity contribution in [1.29, 1.82) is 0 Å². The zero-order valence-electron chi connectivity index (χ0n) is 11.5. The molecular weight excluding hydrogens is 233 g/mol. The number of ether oxygens (including phenoxy) is 1. The monoisotopic (exact) mass is 255 g/mol. The van der Waals surface area contributed by atoms with Crippen LogP contribution in [0.1, 0.15) is 37.8 Å². The van der Waals surface area contributed by atoms with Gasteiger partial charge in [0.1, 0.15) is 11.6 Å². The summed E-state index contributed by atoms with van der Waals surface area (Å²) < 4.78 is 19.2. The first-order valence-electron chi connectivity index (χ1n) is 6.20. The maximum atomic E-state index is 14.0. The Morgan fingerprint density at radius 3 is 2.50 bits per heavy atom. The molecule has 1 rings (SSSR count). The van der Waals surface area contributed by atoms with Gasteiger partial charge < -0.3 is 15.2 Å². The van der Waals surface area contributed by atoms with Gasteiger partial charge in [-0.15, -0.1) is 0 Å². The molecule has 0 spiro atoms. The van der Waals surface area contributed by atoms with E-state index in [0.717, 1.165) is 5.56 Å². The van der Waals surface area contributed by atoms with Crippen LogP contribution in [0.2, 0.25) is 0 Å². The van der Waals surface area contributed by atoms with E-state index in [1.54, 1.807) is 13.0 Å². The molecule has 1 aromatic rings. The van der Waals surface area contributed by atoms with Gasteiger partial charge in [0.15, 0.2) is 0 Å². The predicted octanol–water partition coefficient (Wildman–Crippen LogP) is 2.43. The van der Waals surface area contributed by atoms with E-state index in [2.05, 4.69) is 5.32 Å². The first kappa shape index (κ1) is 14.9. The SMILES string of the molecule is COc1cc(C(C)C)cc(F)c1CNC[C@@H](C)O. The molecule has 0 aliphatic heterocycles. The van der Waals surface area contributed by atoms with E-state index < -0.39 is 6.10 Å². The number of nitrogens with one attached hydrogen (secondary N) is 1. The Kier molecular flexibility index (Phi) is 5.56. The smallest absolute Gasteiger partial charge is 0.131 e. The van der Waals surface area contributed by atoms with Gasteiger partial charge in [0.2, 0.25) is 0 Å². The van der Waals surface area contributed by atoms with E-state index in [0.29, 0.717) is 24.4 Å². The van der Waals surface area contributed by atoms with Crippen molar-refractivity contribution in [1.82, 2.24) is 5.32 Å². The number of aliphatic hydroxyl groups excluding tert-OH is 1. The van der Waals surface area contributed by atoms with Crippen LogP contribution < -0.4 is 10.1 Å². The Morgan fingerprint density at radius 1 is 1.33 bits per heavy atom. The molecule has 0 aromatic heterocycles. The molecule has 18 heavy (non-hydrogen) atoms. The lowest BCUT2D eigenvalue weighted by molar-refractivity contribution is 0.190. The second-order valence-corrected chi connectivity index (χ2v) is 4.82. The number of aliphatic hydroxyl groups is 1. The van der Waals surface area contributed by atoms with E-state index in [-0.39, 0.29) is 11.7 Å². The molecule has 1 atom stereocenters. The maximum absolute atomic E-state index is 14.0. The van der Waals surface area contributed by atoms with E-state index >= 15 is 0 Å². The van der Waals surface area contributed by atoms with Crippen molar-refractivity contribution in [3.05, 3.63) is 29.1 Å². The van der Waals surface area contributed by atoms with Gasteiger partial charge >= 0.3 is 0 Å². The molecule has 102 valence electrons. The molecule has 1 aromatic carbocycles. The molecule has 0 saturated heterocycles. The average molecular weight is 255 g/mol. The fourth-order valence-electron chi connectivity index (χ4n) is 1.72. The normalized spacial score (nSPS) is 12.8. The van der Waals surface area contributed by atoms with Crippen molar-refractivity contribution < 1.29 is 14.2 Å². The van der Waals surface area contributed by atoms with E-state index in [4.69, 9.17) is 9.84 Å². The van der Waals surface area contributed by atoms with Crippen molar-refractivity contribution >= 4 is 0 Å². The second-order valence-electron chi connectivity index (χ2n) is 4.82. The molecule has 0 fully saturated rings. The molecule has 0 aliphatic rings. The van der Waals surface area contributed by atoms with Gasteiger partial charge in [-0.05, 0) is 30.5 Å². The molecule has 0 radical (unpaired) electrons. The Morgan fingerprint density at radius 2 is 2.00 bits per heavy atom. The minimum Gasteiger partial charge on any atom is -0.496 e. The topological polar surface area (TPSA) is 41.5 Å². The molecule has 0 saturated carbocycles. The third kappa shape index (κ3) is 3.96. The highest BCUT2D eigenvalue weighted by atomic mass is 19.1. The molecular formula is C14H22FNO2. The molecule has 2 N–H and O–H groups in total. The first-order chi connectivity index (χ1) is 8.45. The predicted molar refractivity (Wildman–Crippen MR) is 70.4 cm³/mol.